The third kappa shape index (κ3) is 3.05. The Balaban J connectivity index is 2.22. The molecule has 0 atom stereocenters. The van der Waals surface area contributed by atoms with E-state index in [9.17, 15) is 0 Å². The molecule has 0 fully saturated rings. The van der Waals surface area contributed by atoms with Gasteiger partial charge in [-0.05, 0) is 43.8 Å². The summed E-state index contributed by atoms with van der Waals surface area (Å²) in [7, 11) is 0. The molecule has 2 aromatic rings. The second kappa shape index (κ2) is 6.12. The summed E-state index contributed by atoms with van der Waals surface area (Å²) in [5.74, 6) is 1.65. The minimum atomic E-state index is 0.562. The number of aromatic nitrogens is 2. The number of nitrogens with zero attached hydrogens (tertiary/aromatic N) is 2. The van der Waals surface area contributed by atoms with Crippen LogP contribution in [0.3, 0.4) is 0 Å². The van der Waals surface area contributed by atoms with Crippen LogP contribution < -0.4 is 10.5 Å². The number of nitrogens with two attached hydrogens (primary N) is 1. The summed E-state index contributed by atoms with van der Waals surface area (Å²) in [6.07, 6.45) is 2.47. The molecule has 0 saturated heterocycles. The first kappa shape index (κ1) is 12.5. The molecule has 0 aliphatic carbocycles. The van der Waals surface area contributed by atoms with Gasteiger partial charge in [-0.2, -0.15) is 0 Å². The smallest absolute Gasteiger partial charge is 0.130 e. The van der Waals surface area contributed by atoms with E-state index in [-0.39, 0.29) is 0 Å². The molecule has 1 aromatic heterocycles. The van der Waals surface area contributed by atoms with Crippen molar-refractivity contribution in [2.24, 2.45) is 5.73 Å². The Morgan fingerprint density at radius 2 is 1.94 bits per heavy atom. The Morgan fingerprint density at radius 3 is 2.61 bits per heavy atom. The number of ether oxygens (including phenoxy) is 1. The van der Waals surface area contributed by atoms with Crippen LogP contribution in [0.25, 0.3) is 11.3 Å². The highest BCUT2D eigenvalue weighted by atomic mass is 16.5. The largest absolute Gasteiger partial charge is 0.494 e. The molecule has 0 bridgehead atoms. The van der Waals surface area contributed by atoms with E-state index in [4.69, 9.17) is 10.5 Å². The number of hydrogen-bond acceptors (Lipinski definition) is 4. The fourth-order valence-corrected chi connectivity index (χ4v) is 1.70. The summed E-state index contributed by atoms with van der Waals surface area (Å²) in [5, 5.41) is 0. The third-order valence-electron chi connectivity index (χ3n) is 2.53. The Labute approximate surface area is 107 Å². The fraction of sp³-hybridized carbons (Fsp3) is 0.286. The van der Waals surface area contributed by atoms with E-state index in [0.717, 1.165) is 22.8 Å². The summed E-state index contributed by atoms with van der Waals surface area (Å²) in [6.45, 7) is 3.21. The van der Waals surface area contributed by atoms with Crippen molar-refractivity contribution in [3.8, 4) is 17.0 Å². The maximum absolute atomic E-state index is 5.51. The Bertz CT molecular complexity index is 497. The first-order valence-electron chi connectivity index (χ1n) is 6.08. The van der Waals surface area contributed by atoms with Gasteiger partial charge in [0.25, 0.3) is 0 Å². The highest BCUT2D eigenvalue weighted by molar-refractivity contribution is 5.59. The summed E-state index contributed by atoms with van der Waals surface area (Å²) < 4.78 is 5.41. The summed E-state index contributed by atoms with van der Waals surface area (Å²) in [4.78, 5) is 8.66. The van der Waals surface area contributed by atoms with Crippen LogP contribution in [0, 0.1) is 0 Å². The SMILES string of the molecule is CCOc1ccc(-c2ccnc(CCN)n2)cc1. The van der Waals surface area contributed by atoms with Gasteiger partial charge in [0.05, 0.1) is 12.3 Å². The molecule has 4 nitrogen and oxygen atoms in total. The van der Waals surface area contributed by atoms with Gasteiger partial charge in [0.2, 0.25) is 0 Å². The maximum atomic E-state index is 5.51. The Kier molecular flexibility index (Phi) is 4.25. The van der Waals surface area contributed by atoms with Gasteiger partial charge in [-0.25, -0.2) is 9.97 Å². The Morgan fingerprint density at radius 1 is 1.17 bits per heavy atom. The van der Waals surface area contributed by atoms with E-state index < -0.39 is 0 Å². The minimum Gasteiger partial charge on any atom is -0.494 e. The zero-order valence-corrected chi connectivity index (χ0v) is 10.5. The van der Waals surface area contributed by atoms with Crippen LogP contribution >= 0.6 is 0 Å². The second-order valence-electron chi connectivity index (χ2n) is 3.85. The monoisotopic (exact) mass is 243 g/mol. The molecule has 0 aliphatic rings. The molecule has 0 saturated carbocycles. The van der Waals surface area contributed by atoms with Gasteiger partial charge in [-0.1, -0.05) is 0 Å². The molecule has 4 heteroatoms. The molecular weight excluding hydrogens is 226 g/mol. The topological polar surface area (TPSA) is 61.0 Å². The van der Waals surface area contributed by atoms with Gasteiger partial charge in [-0.15, -0.1) is 0 Å². The van der Waals surface area contributed by atoms with Crippen LogP contribution in [0.5, 0.6) is 5.75 Å². The Hall–Kier alpha value is -1.94. The molecule has 0 aliphatic heterocycles. The molecule has 2 rings (SSSR count). The zero-order chi connectivity index (χ0) is 12.8. The van der Waals surface area contributed by atoms with Gasteiger partial charge < -0.3 is 10.5 Å². The van der Waals surface area contributed by atoms with Crippen LogP contribution in [0.2, 0.25) is 0 Å². The lowest BCUT2D eigenvalue weighted by Crippen LogP contribution is -2.06. The third-order valence-corrected chi connectivity index (χ3v) is 2.53. The lowest BCUT2D eigenvalue weighted by atomic mass is 10.1. The van der Waals surface area contributed by atoms with Crippen molar-refractivity contribution >= 4 is 0 Å². The average Bonchev–Trinajstić information content (AvgIpc) is 2.41. The van der Waals surface area contributed by atoms with Gasteiger partial charge in [-0.3, -0.25) is 0 Å². The van der Waals surface area contributed by atoms with E-state index in [1.165, 1.54) is 0 Å². The predicted molar refractivity (Wildman–Crippen MR) is 71.4 cm³/mol. The highest BCUT2D eigenvalue weighted by Gasteiger charge is 2.02. The van der Waals surface area contributed by atoms with E-state index in [2.05, 4.69) is 9.97 Å². The summed E-state index contributed by atoms with van der Waals surface area (Å²) in [5.41, 5.74) is 7.47. The van der Waals surface area contributed by atoms with Gasteiger partial charge in [0, 0.05) is 18.2 Å². The van der Waals surface area contributed by atoms with E-state index >= 15 is 0 Å². The molecule has 1 heterocycles. The quantitative estimate of drug-likeness (QED) is 0.873. The van der Waals surface area contributed by atoms with Crippen molar-refractivity contribution in [2.75, 3.05) is 13.2 Å². The standard InChI is InChI=1S/C14H17N3O/c1-2-18-12-5-3-11(4-6-12)13-8-10-16-14(17-13)7-9-15/h3-6,8,10H,2,7,9,15H2,1H3. The van der Waals surface area contributed by atoms with Crippen LogP contribution in [-0.4, -0.2) is 23.1 Å². The van der Waals surface area contributed by atoms with Gasteiger partial charge in [0.15, 0.2) is 0 Å². The number of rotatable bonds is 5. The fourth-order valence-electron chi connectivity index (χ4n) is 1.70. The average molecular weight is 243 g/mol. The van der Waals surface area contributed by atoms with E-state index in [0.29, 0.717) is 19.6 Å². The van der Waals surface area contributed by atoms with Crippen LogP contribution in [0.1, 0.15) is 12.7 Å². The van der Waals surface area contributed by atoms with E-state index in [1.54, 1.807) is 6.20 Å². The highest BCUT2D eigenvalue weighted by Crippen LogP contribution is 2.20. The second-order valence-corrected chi connectivity index (χ2v) is 3.85. The summed E-state index contributed by atoms with van der Waals surface area (Å²) in [6, 6.07) is 9.79. The predicted octanol–water partition coefficient (Wildman–Crippen LogP) is 2.04. The summed E-state index contributed by atoms with van der Waals surface area (Å²) >= 11 is 0. The maximum Gasteiger partial charge on any atom is 0.130 e. The van der Waals surface area contributed by atoms with Crippen molar-refractivity contribution in [1.29, 1.82) is 0 Å². The molecule has 0 unspecified atom stereocenters. The lowest BCUT2D eigenvalue weighted by Gasteiger charge is -2.05. The first-order valence-corrected chi connectivity index (χ1v) is 6.08. The van der Waals surface area contributed by atoms with Crippen molar-refractivity contribution < 1.29 is 4.74 Å². The van der Waals surface area contributed by atoms with Crippen LogP contribution in [-0.2, 0) is 6.42 Å². The molecule has 0 amide bonds. The van der Waals surface area contributed by atoms with Crippen LogP contribution in [0.15, 0.2) is 36.5 Å². The molecule has 1 aromatic carbocycles. The number of benzene rings is 1. The lowest BCUT2D eigenvalue weighted by molar-refractivity contribution is 0.340. The zero-order valence-electron chi connectivity index (χ0n) is 10.5. The normalized spacial score (nSPS) is 10.3. The molecule has 0 radical (unpaired) electrons. The molecule has 94 valence electrons. The molecule has 2 N–H and O–H groups in total. The molecule has 0 spiro atoms. The molecule has 18 heavy (non-hydrogen) atoms. The first-order chi connectivity index (χ1) is 8.83. The van der Waals surface area contributed by atoms with Crippen molar-refractivity contribution in [3.05, 3.63) is 42.4 Å². The van der Waals surface area contributed by atoms with Crippen molar-refractivity contribution in [1.82, 2.24) is 9.97 Å². The molecular formula is C14H17N3O. The minimum absolute atomic E-state index is 0.562. The van der Waals surface area contributed by atoms with Crippen LogP contribution in [0.4, 0.5) is 0 Å². The van der Waals surface area contributed by atoms with Crippen molar-refractivity contribution in [3.63, 3.8) is 0 Å². The van der Waals surface area contributed by atoms with Gasteiger partial charge >= 0.3 is 0 Å². The van der Waals surface area contributed by atoms with Crippen molar-refractivity contribution in [2.45, 2.75) is 13.3 Å². The number of hydrogen-bond donors (Lipinski definition) is 1. The van der Waals surface area contributed by atoms with E-state index in [1.807, 2.05) is 37.3 Å². The van der Waals surface area contributed by atoms with Gasteiger partial charge in [0.1, 0.15) is 11.6 Å².